The molecule has 0 aliphatic rings. The third-order valence-corrected chi connectivity index (χ3v) is 4.44. The van der Waals surface area contributed by atoms with Gasteiger partial charge in [0.2, 0.25) is 0 Å². The number of carboxylic acids is 1. The van der Waals surface area contributed by atoms with Gasteiger partial charge < -0.3 is 5.11 Å². The topological polar surface area (TPSA) is 97.9 Å². The van der Waals surface area contributed by atoms with Gasteiger partial charge in [-0.15, -0.1) is 11.3 Å². The molecular formula is C15H10N2O5S. The molecular weight excluding hydrogens is 320 g/mol. The van der Waals surface area contributed by atoms with Crippen molar-refractivity contribution < 1.29 is 14.7 Å². The maximum absolute atomic E-state index is 12.5. The molecule has 0 saturated carbocycles. The van der Waals surface area contributed by atoms with E-state index in [-0.39, 0.29) is 21.8 Å². The molecule has 3 rings (SSSR count). The van der Waals surface area contributed by atoms with Gasteiger partial charge in [0.15, 0.2) is 6.29 Å². The van der Waals surface area contributed by atoms with Gasteiger partial charge in [-0.1, -0.05) is 30.3 Å². The lowest BCUT2D eigenvalue weighted by molar-refractivity contribution is 0.0701. The van der Waals surface area contributed by atoms with Gasteiger partial charge in [0, 0.05) is 6.20 Å². The van der Waals surface area contributed by atoms with Crippen LogP contribution in [0.4, 0.5) is 0 Å². The molecule has 23 heavy (non-hydrogen) atoms. The summed E-state index contributed by atoms with van der Waals surface area (Å²) in [6.45, 7) is 0.000534. The average Bonchev–Trinajstić information content (AvgIpc) is 2.98. The summed E-state index contributed by atoms with van der Waals surface area (Å²) in [5, 5.41) is 9.04. The summed E-state index contributed by atoms with van der Waals surface area (Å²) in [6.07, 6.45) is 1.47. The lowest BCUT2D eigenvalue weighted by Crippen LogP contribution is -2.39. The van der Waals surface area contributed by atoms with Crippen molar-refractivity contribution >= 4 is 28.4 Å². The molecule has 2 aromatic heterocycles. The Balaban J connectivity index is 2.30. The van der Waals surface area contributed by atoms with Gasteiger partial charge in [0.25, 0.3) is 5.56 Å². The molecule has 116 valence electrons. The molecule has 7 nitrogen and oxygen atoms in total. The van der Waals surface area contributed by atoms with E-state index in [4.69, 9.17) is 5.11 Å². The van der Waals surface area contributed by atoms with Crippen LogP contribution < -0.4 is 11.2 Å². The monoisotopic (exact) mass is 330 g/mol. The molecule has 0 spiro atoms. The normalized spacial score (nSPS) is 10.8. The minimum absolute atomic E-state index is 0.000534. The van der Waals surface area contributed by atoms with Crippen molar-refractivity contribution in [3.05, 3.63) is 73.4 Å². The Labute approximate surface area is 132 Å². The molecule has 0 unspecified atom stereocenters. The predicted molar refractivity (Wildman–Crippen MR) is 83.7 cm³/mol. The molecule has 0 atom stereocenters. The van der Waals surface area contributed by atoms with Crippen molar-refractivity contribution in [2.75, 3.05) is 0 Å². The van der Waals surface area contributed by atoms with Gasteiger partial charge in [-0.25, -0.2) is 9.59 Å². The second-order valence-corrected chi connectivity index (χ2v) is 5.80. The third-order valence-electron chi connectivity index (χ3n) is 3.33. The Hall–Kier alpha value is -3.00. The molecule has 0 aliphatic heterocycles. The number of carbonyl (C=O) groups is 2. The highest BCUT2D eigenvalue weighted by Crippen LogP contribution is 2.17. The van der Waals surface area contributed by atoms with Crippen molar-refractivity contribution in [2.45, 2.75) is 6.54 Å². The lowest BCUT2D eigenvalue weighted by Gasteiger charge is -2.07. The van der Waals surface area contributed by atoms with Crippen LogP contribution in [0.3, 0.4) is 0 Å². The van der Waals surface area contributed by atoms with Crippen LogP contribution in [-0.4, -0.2) is 26.3 Å². The number of hydrogen-bond acceptors (Lipinski definition) is 5. The van der Waals surface area contributed by atoms with E-state index in [1.165, 1.54) is 0 Å². The second-order valence-electron chi connectivity index (χ2n) is 4.77. The molecule has 0 fully saturated rings. The number of benzene rings is 1. The molecule has 0 amide bonds. The van der Waals surface area contributed by atoms with E-state index in [1.54, 1.807) is 30.3 Å². The number of carbonyl (C=O) groups excluding carboxylic acids is 1. The number of thiazole rings is 1. The number of aromatic carboxylic acids is 1. The van der Waals surface area contributed by atoms with Crippen LogP contribution in [0.15, 0.2) is 46.1 Å². The lowest BCUT2D eigenvalue weighted by atomic mass is 10.2. The first-order valence-electron chi connectivity index (χ1n) is 6.54. The maximum Gasteiger partial charge on any atom is 0.347 e. The van der Waals surface area contributed by atoms with Crippen LogP contribution >= 0.6 is 11.3 Å². The Bertz CT molecular complexity index is 1030. The van der Waals surface area contributed by atoms with Crippen molar-refractivity contribution in [3.63, 3.8) is 0 Å². The fraction of sp³-hybridized carbons (Fsp3) is 0.0667. The zero-order valence-electron chi connectivity index (χ0n) is 11.6. The summed E-state index contributed by atoms with van der Waals surface area (Å²) in [7, 11) is 0. The first-order valence-corrected chi connectivity index (χ1v) is 7.36. The number of hydrogen-bond donors (Lipinski definition) is 1. The minimum atomic E-state index is -1.22. The highest BCUT2D eigenvalue weighted by molar-refractivity contribution is 7.19. The van der Waals surface area contributed by atoms with Gasteiger partial charge in [-0.3, -0.25) is 18.6 Å². The fourth-order valence-electron chi connectivity index (χ4n) is 2.24. The molecule has 1 aromatic carbocycles. The van der Waals surface area contributed by atoms with E-state index in [1.807, 2.05) is 0 Å². The first kappa shape index (κ1) is 14.9. The molecule has 0 saturated heterocycles. The fourth-order valence-corrected chi connectivity index (χ4v) is 3.17. The van der Waals surface area contributed by atoms with Gasteiger partial charge in [0.05, 0.1) is 6.54 Å². The largest absolute Gasteiger partial charge is 0.477 e. The summed E-state index contributed by atoms with van der Waals surface area (Å²) in [6, 6.07) is 8.83. The molecule has 8 heteroatoms. The summed E-state index contributed by atoms with van der Waals surface area (Å²) in [5.41, 5.74) is -0.911. The zero-order chi connectivity index (χ0) is 16.6. The summed E-state index contributed by atoms with van der Waals surface area (Å²) >= 11 is 0.719. The SMILES string of the molecule is O=Cc1c(=O)n(Cc2ccccc2)c(=O)n2cc(C(=O)O)sc12. The smallest absolute Gasteiger partial charge is 0.347 e. The van der Waals surface area contributed by atoms with Crippen molar-refractivity contribution in [3.8, 4) is 0 Å². The van der Waals surface area contributed by atoms with E-state index < -0.39 is 17.2 Å². The Morgan fingerprint density at radius 2 is 1.91 bits per heavy atom. The number of aromatic nitrogens is 2. The number of nitrogens with zero attached hydrogens (tertiary/aromatic N) is 2. The van der Waals surface area contributed by atoms with Gasteiger partial charge >= 0.3 is 11.7 Å². The van der Waals surface area contributed by atoms with E-state index in [0.717, 1.165) is 32.1 Å². The second kappa shape index (κ2) is 5.65. The quantitative estimate of drug-likeness (QED) is 0.722. The zero-order valence-corrected chi connectivity index (χ0v) is 12.4. The van der Waals surface area contributed by atoms with Crippen LogP contribution in [0, 0.1) is 0 Å². The Morgan fingerprint density at radius 3 is 2.52 bits per heavy atom. The first-order chi connectivity index (χ1) is 11.0. The number of rotatable bonds is 4. The van der Waals surface area contributed by atoms with Gasteiger partial charge in [-0.2, -0.15) is 0 Å². The minimum Gasteiger partial charge on any atom is -0.477 e. The summed E-state index contributed by atoms with van der Waals surface area (Å²) in [5.74, 6) is -1.22. The number of aldehydes is 1. The average molecular weight is 330 g/mol. The Kier molecular flexibility index (Phi) is 3.67. The molecule has 3 aromatic rings. The summed E-state index contributed by atoms with van der Waals surface area (Å²) < 4.78 is 1.95. The highest BCUT2D eigenvalue weighted by atomic mass is 32.1. The molecule has 2 heterocycles. The van der Waals surface area contributed by atoms with Crippen LogP contribution in [0.25, 0.3) is 4.83 Å². The van der Waals surface area contributed by atoms with E-state index >= 15 is 0 Å². The van der Waals surface area contributed by atoms with Crippen LogP contribution in [0.5, 0.6) is 0 Å². The van der Waals surface area contributed by atoms with Gasteiger partial charge in [0.1, 0.15) is 15.3 Å². The Morgan fingerprint density at radius 1 is 1.22 bits per heavy atom. The van der Waals surface area contributed by atoms with Crippen LogP contribution in [0.1, 0.15) is 25.6 Å². The molecule has 0 radical (unpaired) electrons. The third kappa shape index (κ3) is 2.49. The van der Waals surface area contributed by atoms with E-state index in [9.17, 15) is 19.2 Å². The maximum atomic E-state index is 12.5. The molecule has 0 aliphatic carbocycles. The van der Waals surface area contributed by atoms with Crippen LogP contribution in [0.2, 0.25) is 0 Å². The standard InChI is InChI=1S/C15H10N2O5S/c18-8-10-12(19)16(6-9-4-2-1-3-5-9)15(22)17-7-11(14(20)21)23-13(10)17/h1-5,7-8H,6H2,(H,20,21). The number of fused-ring (bicyclic) bond motifs is 1. The van der Waals surface area contributed by atoms with Crippen molar-refractivity contribution in [2.24, 2.45) is 0 Å². The van der Waals surface area contributed by atoms with Crippen LogP contribution in [-0.2, 0) is 6.54 Å². The van der Waals surface area contributed by atoms with Crippen molar-refractivity contribution in [1.29, 1.82) is 0 Å². The van der Waals surface area contributed by atoms with E-state index in [2.05, 4.69) is 0 Å². The van der Waals surface area contributed by atoms with E-state index in [0.29, 0.717) is 6.29 Å². The number of carboxylic acid groups (broad SMARTS) is 1. The predicted octanol–water partition coefficient (Wildman–Crippen LogP) is 1.08. The van der Waals surface area contributed by atoms with Gasteiger partial charge in [-0.05, 0) is 5.56 Å². The molecule has 0 bridgehead atoms. The highest BCUT2D eigenvalue weighted by Gasteiger charge is 2.18. The van der Waals surface area contributed by atoms with Crippen molar-refractivity contribution in [1.82, 2.24) is 8.97 Å². The molecule has 1 N–H and O–H groups in total. The summed E-state index contributed by atoms with van der Waals surface area (Å²) in [4.78, 5) is 47.1.